The van der Waals surface area contributed by atoms with Gasteiger partial charge in [0, 0.05) is 36.0 Å². The third-order valence-corrected chi connectivity index (χ3v) is 4.81. The number of rotatable bonds is 1. The quantitative estimate of drug-likeness (QED) is 0.503. The first-order chi connectivity index (χ1) is 11.9. The van der Waals surface area contributed by atoms with Crippen LogP contribution in [0.5, 0.6) is 0 Å². The Balaban J connectivity index is 1.72. The lowest BCUT2D eigenvalue weighted by molar-refractivity contribution is 0.449. The molecule has 0 aromatic carbocycles. The molecule has 24 heavy (non-hydrogen) atoms. The van der Waals surface area contributed by atoms with Gasteiger partial charge in [-0.1, -0.05) is 0 Å². The summed E-state index contributed by atoms with van der Waals surface area (Å²) < 4.78 is 0. The number of piperidine rings is 1. The zero-order valence-electron chi connectivity index (χ0n) is 13.2. The van der Waals surface area contributed by atoms with Gasteiger partial charge in [0.2, 0.25) is 0 Å². The van der Waals surface area contributed by atoms with Crippen molar-refractivity contribution in [1.82, 2.24) is 25.3 Å². The smallest absolute Gasteiger partial charge is 0.139 e. The van der Waals surface area contributed by atoms with Crippen LogP contribution in [-0.4, -0.2) is 33.0 Å². The van der Waals surface area contributed by atoms with Gasteiger partial charge in [-0.3, -0.25) is 4.98 Å². The average molecular weight is 318 g/mol. The molecule has 0 saturated carbocycles. The first-order valence-corrected chi connectivity index (χ1v) is 8.37. The van der Waals surface area contributed by atoms with Crippen LogP contribution >= 0.6 is 0 Å². The molecule has 2 aliphatic rings. The molecular formula is C18H18N6. The largest absolute Gasteiger partial charge is 0.341 e. The Morgan fingerprint density at radius 2 is 2.12 bits per heavy atom. The van der Waals surface area contributed by atoms with Crippen molar-refractivity contribution in [3.05, 3.63) is 42.6 Å². The van der Waals surface area contributed by atoms with Crippen molar-refractivity contribution in [2.24, 2.45) is 0 Å². The maximum Gasteiger partial charge on any atom is 0.139 e. The molecule has 3 aromatic rings. The number of hydrogen-bond acceptors (Lipinski definition) is 5. The minimum Gasteiger partial charge on any atom is -0.341 e. The van der Waals surface area contributed by atoms with Gasteiger partial charge >= 0.3 is 0 Å². The minimum absolute atomic E-state index is 0.434. The van der Waals surface area contributed by atoms with Crippen molar-refractivity contribution in [1.29, 1.82) is 0 Å². The van der Waals surface area contributed by atoms with Crippen LogP contribution in [0, 0.1) is 0 Å². The Morgan fingerprint density at radius 3 is 3.04 bits per heavy atom. The Hall–Kier alpha value is -2.73. The fourth-order valence-corrected chi connectivity index (χ4v) is 3.60. The Kier molecular flexibility index (Phi) is 3.09. The summed E-state index contributed by atoms with van der Waals surface area (Å²) in [5, 5.41) is 6.86. The third kappa shape index (κ3) is 2.11. The van der Waals surface area contributed by atoms with Gasteiger partial charge in [0.25, 0.3) is 0 Å². The first-order valence-electron chi connectivity index (χ1n) is 8.37. The van der Waals surface area contributed by atoms with E-state index in [1.165, 1.54) is 12.8 Å². The SMILES string of the molecule is c1cnc2c(c1)-c1nc(C3CCCNC3)[nH]c1-c1ccncc1N2. The summed E-state index contributed by atoms with van der Waals surface area (Å²) in [6, 6.07) is 6.04. The molecule has 0 aliphatic carbocycles. The lowest BCUT2D eigenvalue weighted by Gasteiger charge is -2.20. The van der Waals surface area contributed by atoms with E-state index in [1.54, 1.807) is 6.20 Å². The van der Waals surface area contributed by atoms with Gasteiger partial charge in [-0.05, 0) is 37.6 Å². The highest BCUT2D eigenvalue weighted by atomic mass is 15.0. The van der Waals surface area contributed by atoms with Crippen LogP contribution in [0.2, 0.25) is 0 Å². The number of anilines is 2. The molecule has 6 heteroatoms. The summed E-state index contributed by atoms with van der Waals surface area (Å²) in [7, 11) is 0. The highest BCUT2D eigenvalue weighted by Gasteiger charge is 2.26. The van der Waals surface area contributed by atoms with Gasteiger partial charge in [-0.15, -0.1) is 0 Å². The van der Waals surface area contributed by atoms with E-state index >= 15 is 0 Å². The predicted octanol–water partition coefficient (Wildman–Crippen LogP) is 3.06. The summed E-state index contributed by atoms with van der Waals surface area (Å²) >= 11 is 0. The molecule has 5 heterocycles. The molecule has 1 atom stereocenters. The second-order valence-electron chi connectivity index (χ2n) is 6.33. The lowest BCUT2D eigenvalue weighted by atomic mass is 9.99. The Labute approximate surface area is 139 Å². The van der Waals surface area contributed by atoms with Gasteiger partial charge in [0.05, 0.1) is 17.6 Å². The van der Waals surface area contributed by atoms with Crippen molar-refractivity contribution in [3.8, 4) is 22.5 Å². The predicted molar refractivity (Wildman–Crippen MR) is 93.2 cm³/mol. The van der Waals surface area contributed by atoms with E-state index in [9.17, 15) is 0 Å². The van der Waals surface area contributed by atoms with Gasteiger partial charge in [0.15, 0.2) is 0 Å². The summed E-state index contributed by atoms with van der Waals surface area (Å²) in [6.07, 6.45) is 7.81. The van der Waals surface area contributed by atoms with Crippen LogP contribution in [0.15, 0.2) is 36.8 Å². The molecule has 0 amide bonds. The van der Waals surface area contributed by atoms with Gasteiger partial charge in [0.1, 0.15) is 17.3 Å². The second kappa shape index (κ2) is 5.42. The second-order valence-corrected chi connectivity index (χ2v) is 6.33. The highest BCUT2D eigenvalue weighted by molar-refractivity contribution is 5.94. The number of aromatic amines is 1. The van der Waals surface area contributed by atoms with E-state index < -0.39 is 0 Å². The highest BCUT2D eigenvalue weighted by Crippen LogP contribution is 2.42. The number of imidazole rings is 1. The van der Waals surface area contributed by atoms with E-state index in [0.717, 1.165) is 52.9 Å². The molecule has 2 aliphatic heterocycles. The van der Waals surface area contributed by atoms with E-state index in [4.69, 9.17) is 4.98 Å². The maximum absolute atomic E-state index is 4.98. The summed E-state index contributed by atoms with van der Waals surface area (Å²) in [4.78, 5) is 17.3. The first kappa shape index (κ1) is 13.7. The number of pyridine rings is 2. The standard InChI is InChI=1S/C18H18N6/c1-3-11(9-19-6-1)17-23-15-12-5-8-20-10-14(12)22-18-13(16(15)24-17)4-2-7-21-18/h2,4-5,7-8,10-11,19H,1,3,6,9H2,(H,21,22)(H,23,24). The molecule has 1 unspecified atom stereocenters. The third-order valence-electron chi connectivity index (χ3n) is 4.81. The molecule has 0 spiro atoms. The summed E-state index contributed by atoms with van der Waals surface area (Å²) in [5.74, 6) is 2.32. The van der Waals surface area contributed by atoms with E-state index in [-0.39, 0.29) is 0 Å². The molecule has 3 N–H and O–H groups in total. The minimum atomic E-state index is 0.434. The van der Waals surface area contributed by atoms with Crippen molar-refractivity contribution >= 4 is 11.5 Å². The Morgan fingerprint density at radius 1 is 1.12 bits per heavy atom. The molecule has 0 bridgehead atoms. The summed E-state index contributed by atoms with van der Waals surface area (Å²) in [5.41, 5.74) is 5.08. The van der Waals surface area contributed by atoms with Crippen LogP contribution in [0.25, 0.3) is 22.5 Å². The number of nitrogens with zero attached hydrogens (tertiary/aromatic N) is 3. The molecule has 1 fully saturated rings. The van der Waals surface area contributed by atoms with Crippen LogP contribution in [-0.2, 0) is 0 Å². The van der Waals surface area contributed by atoms with Gasteiger partial charge < -0.3 is 15.6 Å². The van der Waals surface area contributed by atoms with Crippen LogP contribution in [0.4, 0.5) is 11.5 Å². The number of aromatic nitrogens is 4. The van der Waals surface area contributed by atoms with Gasteiger partial charge in [-0.25, -0.2) is 9.97 Å². The van der Waals surface area contributed by atoms with E-state index in [1.807, 2.05) is 24.5 Å². The fourth-order valence-electron chi connectivity index (χ4n) is 3.60. The number of fused-ring (bicyclic) bond motifs is 5. The fraction of sp³-hybridized carbons (Fsp3) is 0.278. The molecule has 1 saturated heterocycles. The van der Waals surface area contributed by atoms with Crippen molar-refractivity contribution in [2.45, 2.75) is 18.8 Å². The molecular weight excluding hydrogens is 300 g/mol. The molecule has 6 nitrogen and oxygen atoms in total. The van der Waals surface area contributed by atoms with E-state index in [0.29, 0.717) is 5.92 Å². The van der Waals surface area contributed by atoms with Crippen LogP contribution in [0.3, 0.4) is 0 Å². The molecule has 0 radical (unpaired) electrons. The monoisotopic (exact) mass is 318 g/mol. The Bertz CT molecular complexity index is 831. The van der Waals surface area contributed by atoms with Crippen molar-refractivity contribution < 1.29 is 0 Å². The molecule has 5 rings (SSSR count). The zero-order chi connectivity index (χ0) is 15.9. The average Bonchev–Trinajstić information content (AvgIpc) is 3.03. The number of nitrogens with one attached hydrogen (secondary N) is 3. The van der Waals surface area contributed by atoms with Crippen LogP contribution in [0.1, 0.15) is 24.6 Å². The maximum atomic E-state index is 4.98. The topological polar surface area (TPSA) is 78.5 Å². The number of hydrogen-bond donors (Lipinski definition) is 3. The lowest BCUT2D eigenvalue weighted by Crippen LogP contribution is -2.28. The molecule has 120 valence electrons. The van der Waals surface area contributed by atoms with E-state index in [2.05, 4.69) is 31.7 Å². The van der Waals surface area contributed by atoms with Crippen molar-refractivity contribution in [2.75, 3.05) is 18.4 Å². The van der Waals surface area contributed by atoms with Crippen LogP contribution < -0.4 is 10.6 Å². The zero-order valence-corrected chi connectivity index (χ0v) is 13.2. The summed E-state index contributed by atoms with van der Waals surface area (Å²) in [6.45, 7) is 2.08. The molecule has 3 aromatic heterocycles. The van der Waals surface area contributed by atoms with Crippen molar-refractivity contribution in [3.63, 3.8) is 0 Å². The normalized spacial score (nSPS) is 18.8. The number of H-pyrrole nitrogens is 1. The van der Waals surface area contributed by atoms with Gasteiger partial charge in [-0.2, -0.15) is 0 Å².